The second kappa shape index (κ2) is 11.5. The Morgan fingerprint density at radius 2 is 1.95 bits per heavy atom. The van der Waals surface area contributed by atoms with E-state index in [-0.39, 0.29) is 30.0 Å². The minimum Gasteiger partial charge on any atom is -0.348 e. The fourth-order valence-electron chi connectivity index (χ4n) is 5.60. The number of halogens is 4. The lowest BCUT2D eigenvalue weighted by molar-refractivity contribution is -0.149. The molecule has 1 aromatic carbocycles. The van der Waals surface area contributed by atoms with Gasteiger partial charge in [-0.1, -0.05) is 22.0 Å². The number of nitrogens with zero attached hydrogens (tertiary/aromatic N) is 2. The first-order valence-electron chi connectivity index (χ1n) is 12.5. The zero-order valence-electron chi connectivity index (χ0n) is 21.8. The number of carbonyl (C=O) groups excluding carboxylic acids is 1. The third-order valence-corrected chi connectivity index (χ3v) is 8.92. The molecule has 38 heavy (non-hydrogen) atoms. The Balaban J connectivity index is 1.62. The van der Waals surface area contributed by atoms with Crippen molar-refractivity contribution in [2.45, 2.75) is 57.3 Å². The van der Waals surface area contributed by atoms with Gasteiger partial charge < -0.3 is 14.9 Å². The van der Waals surface area contributed by atoms with Gasteiger partial charge in [0.05, 0.1) is 17.6 Å². The number of benzene rings is 1. The average Bonchev–Trinajstić information content (AvgIpc) is 3.15. The number of nitrogens with one attached hydrogen (secondary N) is 2. The molecule has 0 aliphatic carbocycles. The highest BCUT2D eigenvalue weighted by molar-refractivity contribution is 9.10. The van der Waals surface area contributed by atoms with Crippen LogP contribution in [0.15, 0.2) is 38.4 Å². The highest BCUT2D eigenvalue weighted by Crippen LogP contribution is 2.38. The summed E-state index contributed by atoms with van der Waals surface area (Å²) in [6, 6.07) is 7.65. The van der Waals surface area contributed by atoms with Crippen molar-refractivity contribution < 1.29 is 18.0 Å². The molecule has 1 atom stereocenters. The number of aromatic nitrogens is 2. The number of aryl methyl sites for hydroxylation is 1. The van der Waals surface area contributed by atoms with Gasteiger partial charge in [0, 0.05) is 44.3 Å². The maximum absolute atomic E-state index is 13.6. The molecule has 0 unspecified atom stereocenters. The quantitative estimate of drug-likeness (QED) is 0.312. The average molecular weight is 614 g/mol. The number of aromatic amines is 1. The number of thioether (sulfide) groups is 1. The Morgan fingerprint density at radius 1 is 1.26 bits per heavy atom. The summed E-state index contributed by atoms with van der Waals surface area (Å²) in [6.07, 6.45) is -0.997. The highest BCUT2D eigenvalue weighted by atomic mass is 79.9. The van der Waals surface area contributed by atoms with E-state index in [4.69, 9.17) is 0 Å². The number of hydrogen-bond donors (Lipinski definition) is 2. The number of piperidine rings is 1. The van der Waals surface area contributed by atoms with Gasteiger partial charge in [-0.2, -0.15) is 13.2 Å². The summed E-state index contributed by atoms with van der Waals surface area (Å²) >= 11 is 5.08. The van der Waals surface area contributed by atoms with E-state index in [1.807, 2.05) is 44.4 Å². The first-order valence-corrected chi connectivity index (χ1v) is 14.6. The first-order chi connectivity index (χ1) is 17.9. The molecule has 1 amide bonds. The van der Waals surface area contributed by atoms with Crippen molar-refractivity contribution in [3.05, 3.63) is 61.6 Å². The lowest BCUT2D eigenvalue weighted by Gasteiger charge is -2.36. The second-order valence-electron chi connectivity index (χ2n) is 9.94. The van der Waals surface area contributed by atoms with Crippen LogP contribution < -0.4 is 10.9 Å². The van der Waals surface area contributed by atoms with Crippen molar-refractivity contribution in [3.8, 4) is 0 Å². The fourth-order valence-corrected chi connectivity index (χ4v) is 6.86. The van der Waals surface area contributed by atoms with Crippen molar-refractivity contribution in [1.82, 2.24) is 19.8 Å². The fraction of sp³-hybridized carbons (Fsp3) is 0.481. The van der Waals surface area contributed by atoms with Gasteiger partial charge in [-0.3, -0.25) is 14.5 Å². The molecule has 0 saturated carbocycles. The Hall–Kier alpha value is -2.24. The van der Waals surface area contributed by atoms with Crippen molar-refractivity contribution in [1.29, 1.82) is 0 Å². The van der Waals surface area contributed by atoms with Crippen LogP contribution in [0.5, 0.6) is 0 Å². The topological polar surface area (TPSA) is 70.1 Å². The maximum atomic E-state index is 13.6. The standard InChI is InChI=1S/C27H32BrF3N4O2S/c1-15-12-22(38-4)19(25(36)33-15)13-32-26(37)23-17(3)35(21-7-5-6-20(28)24(21)23)16(2)18-8-10-34(11-9-18)14-27(29,30)31/h5-7,12,16,18H,8-11,13-14H2,1-4H3,(H,32,37)(H,33,36)/t16-/m1/s1. The van der Waals surface area contributed by atoms with Crippen LogP contribution in [0.1, 0.15) is 53.1 Å². The smallest absolute Gasteiger partial charge is 0.348 e. The van der Waals surface area contributed by atoms with E-state index in [1.165, 1.54) is 16.7 Å². The van der Waals surface area contributed by atoms with Gasteiger partial charge in [0.2, 0.25) is 0 Å². The third kappa shape index (κ3) is 5.99. The number of hydrogen-bond acceptors (Lipinski definition) is 4. The Bertz CT molecular complexity index is 1390. The first kappa shape index (κ1) is 28.8. The molecule has 4 rings (SSSR count). The monoisotopic (exact) mass is 612 g/mol. The molecule has 1 fully saturated rings. The summed E-state index contributed by atoms with van der Waals surface area (Å²) in [5.41, 5.74) is 3.26. The van der Waals surface area contributed by atoms with Gasteiger partial charge in [0.25, 0.3) is 11.5 Å². The Morgan fingerprint density at radius 3 is 2.58 bits per heavy atom. The molecule has 2 N–H and O–H groups in total. The summed E-state index contributed by atoms with van der Waals surface area (Å²) < 4.78 is 41.5. The van der Waals surface area contributed by atoms with Gasteiger partial charge in [-0.05, 0) is 77.1 Å². The predicted octanol–water partition coefficient (Wildman–Crippen LogP) is 6.20. The van der Waals surface area contributed by atoms with Crippen molar-refractivity contribution in [2.75, 3.05) is 25.9 Å². The van der Waals surface area contributed by atoms with E-state index < -0.39 is 12.7 Å². The minimum absolute atomic E-state index is 0.00979. The molecule has 0 bridgehead atoms. The molecular weight excluding hydrogens is 581 g/mol. The predicted molar refractivity (Wildman–Crippen MR) is 149 cm³/mol. The molecule has 1 aliphatic heterocycles. The van der Waals surface area contributed by atoms with Crippen molar-refractivity contribution >= 4 is 44.5 Å². The molecule has 3 heterocycles. The van der Waals surface area contributed by atoms with Crippen molar-refractivity contribution in [3.63, 3.8) is 0 Å². The van der Waals surface area contributed by atoms with Crippen LogP contribution in [0, 0.1) is 19.8 Å². The second-order valence-corrected chi connectivity index (χ2v) is 11.6. The number of rotatable bonds is 7. The van der Waals surface area contributed by atoms with E-state index in [2.05, 4.69) is 37.7 Å². The molecule has 6 nitrogen and oxygen atoms in total. The van der Waals surface area contributed by atoms with Crippen LogP contribution in [0.2, 0.25) is 0 Å². The van der Waals surface area contributed by atoms with E-state index in [0.717, 1.165) is 31.7 Å². The molecule has 11 heteroatoms. The van der Waals surface area contributed by atoms with Crippen LogP contribution in [-0.2, 0) is 6.54 Å². The summed E-state index contributed by atoms with van der Waals surface area (Å²) in [7, 11) is 0. The van der Waals surface area contributed by atoms with Gasteiger partial charge in [-0.15, -0.1) is 11.8 Å². The number of carbonyl (C=O) groups is 1. The van der Waals surface area contributed by atoms with E-state index >= 15 is 0 Å². The van der Waals surface area contributed by atoms with E-state index in [1.54, 1.807) is 0 Å². The largest absolute Gasteiger partial charge is 0.401 e. The van der Waals surface area contributed by atoms with Crippen LogP contribution in [-0.4, -0.2) is 52.4 Å². The maximum Gasteiger partial charge on any atom is 0.401 e. The zero-order chi connectivity index (χ0) is 27.8. The van der Waals surface area contributed by atoms with Gasteiger partial charge in [0.1, 0.15) is 0 Å². The van der Waals surface area contributed by atoms with Crippen LogP contribution in [0.3, 0.4) is 0 Å². The van der Waals surface area contributed by atoms with Crippen LogP contribution >= 0.6 is 27.7 Å². The Labute approximate surface area is 232 Å². The summed E-state index contributed by atoms with van der Waals surface area (Å²) in [5, 5.41) is 3.73. The van der Waals surface area contributed by atoms with Gasteiger partial charge in [0.15, 0.2) is 0 Å². The lowest BCUT2D eigenvalue weighted by Crippen LogP contribution is -2.41. The number of fused-ring (bicyclic) bond motifs is 1. The number of amides is 1. The number of alkyl halides is 3. The highest BCUT2D eigenvalue weighted by Gasteiger charge is 2.35. The van der Waals surface area contributed by atoms with Crippen LogP contribution in [0.25, 0.3) is 10.9 Å². The minimum atomic E-state index is -4.19. The number of H-pyrrole nitrogens is 1. The normalized spacial score (nSPS) is 16.2. The third-order valence-electron chi connectivity index (χ3n) is 7.45. The van der Waals surface area contributed by atoms with E-state index in [9.17, 15) is 22.8 Å². The molecule has 0 radical (unpaired) electrons. The Kier molecular flexibility index (Phi) is 8.68. The van der Waals surface area contributed by atoms with Gasteiger partial charge >= 0.3 is 6.18 Å². The molecule has 2 aromatic heterocycles. The molecule has 1 aliphatic rings. The molecule has 1 saturated heterocycles. The SMILES string of the molecule is CSc1cc(C)[nH]c(=O)c1CNC(=O)c1c(C)n([C@H](C)C2CCN(CC(F)(F)F)CC2)c2cccc(Br)c12. The summed E-state index contributed by atoms with van der Waals surface area (Å²) in [5.74, 6) is -0.101. The molecule has 0 spiro atoms. The van der Waals surface area contributed by atoms with E-state index in [0.29, 0.717) is 37.1 Å². The molecular formula is C27H32BrF3N4O2S. The summed E-state index contributed by atoms with van der Waals surface area (Å²) in [4.78, 5) is 31.3. The number of pyridine rings is 1. The zero-order valence-corrected chi connectivity index (χ0v) is 24.2. The van der Waals surface area contributed by atoms with Crippen LogP contribution in [0.4, 0.5) is 13.2 Å². The lowest BCUT2D eigenvalue weighted by atomic mass is 9.90. The summed E-state index contributed by atoms with van der Waals surface area (Å²) in [6.45, 7) is 5.81. The molecule has 206 valence electrons. The van der Waals surface area contributed by atoms with Crippen molar-refractivity contribution in [2.24, 2.45) is 5.92 Å². The van der Waals surface area contributed by atoms with Gasteiger partial charge in [-0.25, -0.2) is 0 Å². The molecule has 3 aromatic rings. The number of likely N-dealkylation sites (tertiary alicyclic amines) is 1.